The van der Waals surface area contributed by atoms with Crippen LogP contribution in [0.25, 0.3) is 6.08 Å². The van der Waals surface area contributed by atoms with Crippen LogP contribution in [-0.2, 0) is 9.31 Å². The molecule has 1 atom stereocenters. The molecule has 1 unspecified atom stereocenters. The van der Waals surface area contributed by atoms with Crippen LogP contribution < -0.4 is 0 Å². The fraction of sp³-hybridized carbons (Fsp3) is 0.444. The van der Waals surface area contributed by atoms with E-state index < -0.39 is 36.0 Å². The van der Waals surface area contributed by atoms with E-state index in [2.05, 4.69) is 11.8 Å². The van der Waals surface area contributed by atoms with Gasteiger partial charge in [0.05, 0.1) is 16.8 Å². The highest BCUT2D eigenvalue weighted by molar-refractivity contribution is 6.54. The molecule has 1 aliphatic heterocycles. The van der Waals surface area contributed by atoms with Gasteiger partial charge >= 0.3 is 7.12 Å². The zero-order valence-electron chi connectivity index (χ0n) is 14.5. The molecular formula is C18H21BF2O3. The first kappa shape index (κ1) is 18.7. The summed E-state index contributed by atoms with van der Waals surface area (Å²) in [6, 6.07) is 4.05. The van der Waals surface area contributed by atoms with Crippen LogP contribution in [0.3, 0.4) is 0 Å². The molecular weight excluding hydrogens is 313 g/mol. The summed E-state index contributed by atoms with van der Waals surface area (Å²) in [5.41, 5.74) is -1.36. The summed E-state index contributed by atoms with van der Waals surface area (Å²) in [6.07, 6.45) is 0.361. The van der Waals surface area contributed by atoms with E-state index in [1.807, 2.05) is 27.7 Å². The first-order chi connectivity index (χ1) is 11.0. The van der Waals surface area contributed by atoms with Crippen molar-refractivity contribution < 1.29 is 23.2 Å². The highest BCUT2D eigenvalue weighted by atomic mass is 19.1. The molecule has 128 valence electrons. The standard InChI is InChI=1S/C18H21BF2O3/c1-12(22)6-8-14-10-13(7-9-15(14)20)11-16(21)19-23-17(2,3)18(4,5)24-19/h7,9-12,22H,1-5H3. The normalized spacial score (nSPS) is 20.5. The summed E-state index contributed by atoms with van der Waals surface area (Å²) < 4.78 is 39.4. The molecule has 1 aliphatic rings. The smallest absolute Gasteiger partial charge is 0.398 e. The molecule has 0 saturated carbocycles. The summed E-state index contributed by atoms with van der Waals surface area (Å²) in [5, 5.41) is 9.16. The van der Waals surface area contributed by atoms with Gasteiger partial charge in [0.25, 0.3) is 0 Å². The average Bonchev–Trinajstić information content (AvgIpc) is 2.68. The average molecular weight is 334 g/mol. The van der Waals surface area contributed by atoms with Crippen molar-refractivity contribution in [2.75, 3.05) is 0 Å². The predicted octanol–water partition coefficient (Wildman–Crippen LogP) is 3.50. The van der Waals surface area contributed by atoms with Crippen LogP contribution in [0.4, 0.5) is 8.78 Å². The van der Waals surface area contributed by atoms with Crippen LogP contribution in [0.2, 0.25) is 0 Å². The summed E-state index contributed by atoms with van der Waals surface area (Å²) in [7, 11) is -1.10. The zero-order chi connectivity index (χ0) is 18.1. The second-order valence-corrected chi connectivity index (χ2v) is 6.80. The third-order valence-electron chi connectivity index (χ3n) is 4.19. The summed E-state index contributed by atoms with van der Waals surface area (Å²) in [6.45, 7) is 8.82. The van der Waals surface area contributed by atoms with E-state index in [4.69, 9.17) is 14.4 Å². The fourth-order valence-electron chi connectivity index (χ4n) is 2.09. The second-order valence-electron chi connectivity index (χ2n) is 6.80. The number of hydrogen-bond donors (Lipinski definition) is 1. The lowest BCUT2D eigenvalue weighted by Crippen LogP contribution is -2.41. The van der Waals surface area contributed by atoms with E-state index in [9.17, 15) is 8.78 Å². The van der Waals surface area contributed by atoms with Crippen LogP contribution in [0.1, 0.15) is 45.7 Å². The van der Waals surface area contributed by atoms with Crippen molar-refractivity contribution in [2.45, 2.75) is 51.9 Å². The number of aliphatic hydroxyl groups is 1. The molecule has 1 N–H and O–H groups in total. The van der Waals surface area contributed by atoms with Gasteiger partial charge in [-0.25, -0.2) is 8.78 Å². The van der Waals surface area contributed by atoms with Crippen molar-refractivity contribution in [1.82, 2.24) is 0 Å². The fourth-order valence-corrected chi connectivity index (χ4v) is 2.09. The van der Waals surface area contributed by atoms with Crippen molar-refractivity contribution in [1.29, 1.82) is 0 Å². The maximum absolute atomic E-state index is 14.5. The molecule has 1 aromatic rings. The molecule has 24 heavy (non-hydrogen) atoms. The summed E-state index contributed by atoms with van der Waals surface area (Å²) in [5.74, 6) is 4.46. The Morgan fingerprint density at radius 1 is 1.25 bits per heavy atom. The monoisotopic (exact) mass is 334 g/mol. The maximum Gasteiger partial charge on any atom is 0.525 e. The van der Waals surface area contributed by atoms with Crippen LogP contribution in [0.15, 0.2) is 23.9 Å². The van der Waals surface area contributed by atoms with Gasteiger partial charge in [0, 0.05) is 0 Å². The molecule has 1 fully saturated rings. The van der Waals surface area contributed by atoms with E-state index in [0.29, 0.717) is 5.56 Å². The van der Waals surface area contributed by atoms with Crippen molar-refractivity contribution in [3.05, 3.63) is 40.9 Å². The van der Waals surface area contributed by atoms with E-state index in [1.165, 1.54) is 31.2 Å². The summed E-state index contributed by atoms with van der Waals surface area (Å²) >= 11 is 0. The SMILES string of the molecule is CC(O)C#Cc1cc(C=C(F)B2OC(C)(C)C(C)(C)O2)ccc1F. The van der Waals surface area contributed by atoms with Crippen molar-refractivity contribution in [2.24, 2.45) is 0 Å². The molecule has 2 rings (SSSR count). The molecule has 0 bridgehead atoms. The lowest BCUT2D eigenvalue weighted by molar-refractivity contribution is 0.00578. The second kappa shape index (κ2) is 6.68. The number of aliphatic hydroxyl groups excluding tert-OH is 1. The van der Waals surface area contributed by atoms with Crippen LogP contribution >= 0.6 is 0 Å². The van der Waals surface area contributed by atoms with Gasteiger partial charge in [-0.3, -0.25) is 0 Å². The molecule has 3 nitrogen and oxygen atoms in total. The van der Waals surface area contributed by atoms with E-state index >= 15 is 0 Å². The molecule has 0 aromatic heterocycles. The van der Waals surface area contributed by atoms with Gasteiger partial charge in [0.1, 0.15) is 17.6 Å². The third-order valence-corrected chi connectivity index (χ3v) is 4.19. The minimum Gasteiger partial charge on any atom is -0.398 e. The number of rotatable bonds is 2. The first-order valence-electron chi connectivity index (χ1n) is 7.74. The molecule has 0 amide bonds. The topological polar surface area (TPSA) is 38.7 Å². The lowest BCUT2D eigenvalue weighted by atomic mass is 9.86. The number of halogens is 2. The van der Waals surface area contributed by atoms with Crippen LogP contribution in [-0.4, -0.2) is 29.5 Å². The molecule has 1 aromatic carbocycles. The van der Waals surface area contributed by atoms with E-state index in [-0.39, 0.29) is 5.56 Å². The Morgan fingerprint density at radius 3 is 2.38 bits per heavy atom. The highest BCUT2D eigenvalue weighted by Crippen LogP contribution is 2.39. The Kier molecular flexibility index (Phi) is 5.19. The Balaban J connectivity index is 2.26. The van der Waals surface area contributed by atoms with Gasteiger partial charge < -0.3 is 14.4 Å². The Hall–Kier alpha value is -1.68. The van der Waals surface area contributed by atoms with Gasteiger partial charge in [-0.1, -0.05) is 17.9 Å². The zero-order valence-corrected chi connectivity index (χ0v) is 14.5. The largest absolute Gasteiger partial charge is 0.525 e. The minimum atomic E-state index is -1.10. The van der Waals surface area contributed by atoms with Crippen LogP contribution in [0.5, 0.6) is 0 Å². The Labute approximate surface area is 141 Å². The highest BCUT2D eigenvalue weighted by Gasteiger charge is 2.53. The van der Waals surface area contributed by atoms with Gasteiger partial charge in [0.2, 0.25) is 0 Å². The van der Waals surface area contributed by atoms with E-state index in [0.717, 1.165) is 0 Å². The van der Waals surface area contributed by atoms with Crippen LogP contribution in [0, 0.1) is 17.7 Å². The quantitative estimate of drug-likeness (QED) is 0.665. The van der Waals surface area contributed by atoms with Crippen molar-refractivity contribution >= 4 is 13.2 Å². The predicted molar refractivity (Wildman–Crippen MR) is 90.1 cm³/mol. The first-order valence-corrected chi connectivity index (χ1v) is 7.74. The van der Waals surface area contributed by atoms with Crippen molar-refractivity contribution in [3.63, 3.8) is 0 Å². The third kappa shape index (κ3) is 4.04. The van der Waals surface area contributed by atoms with Crippen molar-refractivity contribution in [3.8, 4) is 11.8 Å². The molecule has 6 heteroatoms. The molecule has 0 radical (unpaired) electrons. The Bertz CT molecular complexity index is 699. The number of benzene rings is 1. The molecule has 1 heterocycles. The molecule has 0 aliphatic carbocycles. The van der Waals surface area contributed by atoms with Gasteiger partial charge in [-0.05, 0) is 58.4 Å². The van der Waals surface area contributed by atoms with Gasteiger partial charge in [0.15, 0.2) is 0 Å². The molecule has 0 spiro atoms. The summed E-state index contributed by atoms with van der Waals surface area (Å²) in [4.78, 5) is 0. The minimum absolute atomic E-state index is 0.0892. The van der Waals surface area contributed by atoms with E-state index in [1.54, 1.807) is 0 Å². The van der Waals surface area contributed by atoms with Gasteiger partial charge in [-0.2, -0.15) is 0 Å². The van der Waals surface area contributed by atoms with Gasteiger partial charge in [-0.15, -0.1) is 0 Å². The molecule has 1 saturated heterocycles. The number of hydrogen-bond acceptors (Lipinski definition) is 3. The maximum atomic E-state index is 14.5. The Morgan fingerprint density at radius 2 is 1.83 bits per heavy atom. The lowest BCUT2D eigenvalue weighted by Gasteiger charge is -2.32.